The maximum absolute atomic E-state index is 12.5. The summed E-state index contributed by atoms with van der Waals surface area (Å²) in [5.41, 5.74) is 1.07. The molecule has 28 heavy (non-hydrogen) atoms. The van der Waals surface area contributed by atoms with Crippen molar-refractivity contribution in [3.05, 3.63) is 35.5 Å². The van der Waals surface area contributed by atoms with Gasteiger partial charge in [-0.1, -0.05) is 0 Å². The molecule has 0 aromatic heterocycles. The number of hydrogen-bond acceptors (Lipinski definition) is 7. The molecule has 2 N–H and O–H groups in total. The maximum Gasteiger partial charge on any atom is 0.337 e. The molecule has 0 saturated carbocycles. The van der Waals surface area contributed by atoms with Gasteiger partial charge in [-0.15, -0.1) is 0 Å². The lowest BCUT2D eigenvalue weighted by atomic mass is 10.1. The number of methoxy groups -OCH3 is 1. The summed E-state index contributed by atoms with van der Waals surface area (Å²) in [7, 11) is 1.27. The van der Waals surface area contributed by atoms with E-state index >= 15 is 0 Å². The number of benzene rings is 1. The highest BCUT2D eigenvalue weighted by molar-refractivity contribution is 6.08. The van der Waals surface area contributed by atoms with Gasteiger partial charge in [-0.05, 0) is 43.5 Å². The van der Waals surface area contributed by atoms with E-state index in [1.54, 1.807) is 24.3 Å². The number of ether oxygens (including phenoxy) is 3. The predicted octanol–water partition coefficient (Wildman–Crippen LogP) is 1.31. The lowest BCUT2D eigenvalue weighted by molar-refractivity contribution is -0.136. The van der Waals surface area contributed by atoms with Crippen LogP contribution in [0.2, 0.25) is 0 Å². The van der Waals surface area contributed by atoms with Crippen LogP contribution in [0, 0.1) is 0 Å². The molecule has 0 radical (unpaired) electrons. The first kappa shape index (κ1) is 20.2. The Morgan fingerprint density at radius 1 is 1.32 bits per heavy atom. The first-order chi connectivity index (χ1) is 13.6. The number of esters is 1. The molecule has 2 aliphatic rings. The topological polar surface area (TPSA) is 97.3 Å². The number of nitrogens with one attached hydrogen (secondary N) is 1. The molecule has 1 unspecified atom stereocenters. The molecule has 2 heterocycles. The number of β-amino-alcohol motifs (C(OH)–C–C–N with tert-alkyl or cyclic N) is 1. The van der Waals surface area contributed by atoms with Crippen molar-refractivity contribution in [3.63, 3.8) is 0 Å². The van der Waals surface area contributed by atoms with Gasteiger partial charge in [0.1, 0.15) is 18.1 Å². The van der Waals surface area contributed by atoms with Crippen LogP contribution >= 0.6 is 0 Å². The van der Waals surface area contributed by atoms with Crippen molar-refractivity contribution < 1.29 is 28.9 Å². The lowest BCUT2D eigenvalue weighted by Gasteiger charge is -2.22. The van der Waals surface area contributed by atoms with Gasteiger partial charge in [-0.25, -0.2) is 4.79 Å². The number of aliphatic hydroxyl groups excluding tert-OH is 1. The molecular formula is C20H26N2O6. The molecule has 1 aromatic rings. The smallest absolute Gasteiger partial charge is 0.337 e. The van der Waals surface area contributed by atoms with Gasteiger partial charge >= 0.3 is 5.97 Å². The molecular weight excluding hydrogens is 364 g/mol. The van der Waals surface area contributed by atoms with Gasteiger partial charge in [-0.3, -0.25) is 4.79 Å². The zero-order valence-electron chi connectivity index (χ0n) is 16.0. The first-order valence-electron chi connectivity index (χ1n) is 9.45. The molecule has 1 amide bonds. The number of aliphatic hydroxyl groups is 1. The predicted molar refractivity (Wildman–Crippen MR) is 102 cm³/mol. The number of anilines is 1. The van der Waals surface area contributed by atoms with Gasteiger partial charge in [0.2, 0.25) is 0 Å². The zero-order valence-corrected chi connectivity index (χ0v) is 16.0. The van der Waals surface area contributed by atoms with Gasteiger partial charge in [-0.2, -0.15) is 0 Å². The third kappa shape index (κ3) is 4.82. The molecule has 8 heteroatoms. The van der Waals surface area contributed by atoms with E-state index < -0.39 is 5.97 Å². The molecule has 3 rings (SSSR count). The summed E-state index contributed by atoms with van der Waals surface area (Å²) in [6.45, 7) is 1.39. The van der Waals surface area contributed by atoms with E-state index in [4.69, 9.17) is 19.3 Å². The van der Waals surface area contributed by atoms with Gasteiger partial charge in [0.25, 0.3) is 5.91 Å². The van der Waals surface area contributed by atoms with E-state index in [1.807, 2.05) is 0 Å². The van der Waals surface area contributed by atoms with Crippen LogP contribution in [0.15, 0.2) is 35.5 Å². The van der Waals surface area contributed by atoms with Crippen LogP contribution in [0.4, 0.5) is 5.69 Å². The summed E-state index contributed by atoms with van der Waals surface area (Å²) in [4.78, 5) is 25.9. The SMILES string of the molecule is COC(=O)C1=C(Nc2ccc(OCC3CCCCO3)cc2)C(=O)N(CCO)C1. The number of amides is 1. The first-order valence-corrected chi connectivity index (χ1v) is 9.45. The quantitative estimate of drug-likeness (QED) is 0.646. The third-order valence-electron chi connectivity index (χ3n) is 4.79. The molecule has 0 aliphatic carbocycles. The Labute approximate surface area is 164 Å². The van der Waals surface area contributed by atoms with E-state index in [-0.39, 0.29) is 43.0 Å². The Balaban J connectivity index is 1.64. The van der Waals surface area contributed by atoms with Gasteiger partial charge < -0.3 is 29.5 Å². The van der Waals surface area contributed by atoms with Crippen LogP contribution in [0.1, 0.15) is 19.3 Å². The largest absolute Gasteiger partial charge is 0.491 e. The Kier molecular flexibility index (Phi) is 6.89. The fourth-order valence-corrected chi connectivity index (χ4v) is 3.26. The van der Waals surface area contributed by atoms with Crippen molar-refractivity contribution >= 4 is 17.6 Å². The molecule has 0 bridgehead atoms. The molecule has 152 valence electrons. The van der Waals surface area contributed by atoms with Gasteiger partial charge in [0, 0.05) is 18.8 Å². The molecule has 1 atom stereocenters. The minimum atomic E-state index is -0.566. The monoisotopic (exact) mass is 390 g/mol. The van der Waals surface area contributed by atoms with Crippen molar-refractivity contribution in [2.45, 2.75) is 25.4 Å². The van der Waals surface area contributed by atoms with Gasteiger partial charge in [0.05, 0.1) is 31.9 Å². The van der Waals surface area contributed by atoms with Crippen molar-refractivity contribution in [3.8, 4) is 5.75 Å². The van der Waals surface area contributed by atoms with Crippen LogP contribution in [0.25, 0.3) is 0 Å². The number of carbonyl (C=O) groups is 2. The average molecular weight is 390 g/mol. The highest BCUT2D eigenvalue weighted by Gasteiger charge is 2.34. The van der Waals surface area contributed by atoms with E-state index in [0.29, 0.717) is 18.0 Å². The zero-order chi connectivity index (χ0) is 19.9. The third-order valence-corrected chi connectivity index (χ3v) is 4.79. The second-order valence-corrected chi connectivity index (χ2v) is 6.74. The molecule has 1 saturated heterocycles. The Bertz CT molecular complexity index is 725. The summed E-state index contributed by atoms with van der Waals surface area (Å²) in [5, 5.41) is 12.1. The van der Waals surface area contributed by atoms with Crippen molar-refractivity contribution in [2.75, 3.05) is 45.3 Å². The van der Waals surface area contributed by atoms with E-state index in [2.05, 4.69) is 5.32 Å². The standard InChI is InChI=1S/C20H26N2O6/c1-26-20(25)17-12-22(9-10-23)19(24)18(17)21-14-5-7-15(8-6-14)28-13-16-4-2-3-11-27-16/h5-8,16,21,23H,2-4,9-13H2,1H3. The maximum atomic E-state index is 12.5. The number of hydrogen-bond donors (Lipinski definition) is 2. The van der Waals surface area contributed by atoms with Crippen LogP contribution in [0.5, 0.6) is 5.75 Å². The molecule has 8 nitrogen and oxygen atoms in total. The van der Waals surface area contributed by atoms with Crippen molar-refractivity contribution in [1.29, 1.82) is 0 Å². The normalized spacial score (nSPS) is 19.7. The highest BCUT2D eigenvalue weighted by Crippen LogP contribution is 2.24. The van der Waals surface area contributed by atoms with Crippen LogP contribution < -0.4 is 10.1 Å². The van der Waals surface area contributed by atoms with Crippen LogP contribution in [-0.4, -0.2) is 68.0 Å². The summed E-state index contributed by atoms with van der Waals surface area (Å²) in [6.07, 6.45) is 3.41. The van der Waals surface area contributed by atoms with Crippen molar-refractivity contribution in [1.82, 2.24) is 4.90 Å². The Morgan fingerprint density at radius 2 is 2.11 bits per heavy atom. The van der Waals surface area contributed by atoms with E-state index in [0.717, 1.165) is 25.9 Å². The molecule has 1 fully saturated rings. The minimum Gasteiger partial charge on any atom is -0.491 e. The number of nitrogens with zero attached hydrogens (tertiary/aromatic N) is 1. The molecule has 0 spiro atoms. The van der Waals surface area contributed by atoms with Gasteiger partial charge in [0.15, 0.2) is 0 Å². The summed E-state index contributed by atoms with van der Waals surface area (Å²) >= 11 is 0. The molecule has 2 aliphatic heterocycles. The average Bonchev–Trinajstić information content (AvgIpc) is 3.03. The summed E-state index contributed by atoms with van der Waals surface area (Å²) in [5.74, 6) is -0.200. The Hall–Kier alpha value is -2.58. The number of rotatable bonds is 8. The minimum absolute atomic E-state index is 0.108. The highest BCUT2D eigenvalue weighted by atomic mass is 16.5. The lowest BCUT2D eigenvalue weighted by Crippen LogP contribution is -2.31. The van der Waals surface area contributed by atoms with Crippen LogP contribution in [0.3, 0.4) is 0 Å². The summed E-state index contributed by atoms with van der Waals surface area (Å²) < 4.78 is 16.2. The van der Waals surface area contributed by atoms with Crippen LogP contribution in [-0.2, 0) is 19.1 Å². The van der Waals surface area contributed by atoms with E-state index in [1.165, 1.54) is 12.0 Å². The Morgan fingerprint density at radius 3 is 2.75 bits per heavy atom. The fraction of sp³-hybridized carbons (Fsp3) is 0.500. The second-order valence-electron chi connectivity index (χ2n) is 6.74. The van der Waals surface area contributed by atoms with Crippen molar-refractivity contribution in [2.24, 2.45) is 0 Å². The summed E-state index contributed by atoms with van der Waals surface area (Å²) in [6, 6.07) is 7.16. The number of carbonyl (C=O) groups excluding carboxylic acids is 2. The fourth-order valence-electron chi connectivity index (χ4n) is 3.26. The molecule has 1 aromatic carbocycles. The van der Waals surface area contributed by atoms with E-state index in [9.17, 15) is 9.59 Å². The second kappa shape index (κ2) is 9.57.